The van der Waals surface area contributed by atoms with Gasteiger partial charge in [-0.2, -0.15) is 0 Å². The van der Waals surface area contributed by atoms with E-state index in [0.29, 0.717) is 5.88 Å². The van der Waals surface area contributed by atoms with Crippen molar-refractivity contribution in [3.05, 3.63) is 26.6 Å². The highest BCUT2D eigenvalue weighted by Crippen LogP contribution is 2.32. The molecule has 0 aliphatic heterocycles. The molecule has 0 saturated heterocycles. The summed E-state index contributed by atoms with van der Waals surface area (Å²) in [7, 11) is 1.63. The van der Waals surface area contributed by atoms with E-state index in [0.717, 1.165) is 20.3 Å². The Labute approximate surface area is 93.3 Å². The summed E-state index contributed by atoms with van der Waals surface area (Å²) in [5, 5.41) is 0. The predicted octanol–water partition coefficient (Wildman–Crippen LogP) is 3.96. The van der Waals surface area contributed by atoms with Gasteiger partial charge in [0.05, 0.1) is 13.0 Å². The lowest BCUT2D eigenvalue weighted by molar-refractivity contribution is 0.410. The second kappa shape index (κ2) is 4.49. The molecule has 0 amide bonds. The maximum Gasteiger partial charge on any atom is 0.125 e. The van der Waals surface area contributed by atoms with Crippen LogP contribution in [-0.2, 0) is 5.88 Å². The topological polar surface area (TPSA) is 9.23 Å². The van der Waals surface area contributed by atoms with Gasteiger partial charge in [-0.3, -0.25) is 0 Å². The Morgan fingerprint density at radius 2 is 2.08 bits per heavy atom. The zero-order valence-electron chi connectivity index (χ0n) is 6.40. The zero-order chi connectivity index (χ0) is 9.14. The van der Waals surface area contributed by atoms with E-state index in [2.05, 4.69) is 31.9 Å². The summed E-state index contributed by atoms with van der Waals surface area (Å²) in [6, 6.07) is 3.84. The fourth-order valence-electron chi connectivity index (χ4n) is 0.892. The summed E-state index contributed by atoms with van der Waals surface area (Å²) in [5.74, 6) is 1.24. The molecule has 0 heterocycles. The van der Waals surface area contributed by atoms with Crippen molar-refractivity contribution in [3.63, 3.8) is 0 Å². The molecule has 66 valence electrons. The van der Waals surface area contributed by atoms with Gasteiger partial charge in [0.1, 0.15) is 5.75 Å². The van der Waals surface area contributed by atoms with Crippen molar-refractivity contribution >= 4 is 43.5 Å². The van der Waals surface area contributed by atoms with Crippen LogP contribution >= 0.6 is 43.5 Å². The quantitative estimate of drug-likeness (QED) is 0.751. The van der Waals surface area contributed by atoms with Gasteiger partial charge in [-0.1, -0.05) is 31.9 Å². The SMILES string of the molecule is COc1cc(Br)cc(Br)c1CCl. The van der Waals surface area contributed by atoms with Gasteiger partial charge in [-0.05, 0) is 12.1 Å². The lowest BCUT2D eigenvalue weighted by Gasteiger charge is -2.08. The Morgan fingerprint density at radius 3 is 2.58 bits per heavy atom. The van der Waals surface area contributed by atoms with Crippen LogP contribution in [0.2, 0.25) is 0 Å². The number of hydrogen-bond donors (Lipinski definition) is 0. The van der Waals surface area contributed by atoms with Crippen molar-refractivity contribution in [1.29, 1.82) is 0 Å². The molecule has 0 unspecified atom stereocenters. The molecule has 0 bridgehead atoms. The molecule has 0 radical (unpaired) electrons. The Morgan fingerprint density at radius 1 is 1.42 bits per heavy atom. The summed E-state index contributed by atoms with van der Waals surface area (Å²) in [6.45, 7) is 0. The van der Waals surface area contributed by atoms with Crippen molar-refractivity contribution in [2.45, 2.75) is 5.88 Å². The molecule has 1 rings (SSSR count). The molecule has 1 nitrogen and oxygen atoms in total. The lowest BCUT2D eigenvalue weighted by Crippen LogP contribution is -1.90. The monoisotopic (exact) mass is 312 g/mol. The number of rotatable bonds is 2. The summed E-state index contributed by atoms with van der Waals surface area (Å²) < 4.78 is 7.09. The minimum Gasteiger partial charge on any atom is -0.496 e. The third-order valence-corrected chi connectivity index (χ3v) is 2.91. The van der Waals surface area contributed by atoms with E-state index in [1.807, 2.05) is 12.1 Å². The van der Waals surface area contributed by atoms with Crippen LogP contribution in [0.4, 0.5) is 0 Å². The molecule has 0 saturated carbocycles. The molecule has 1 aromatic rings. The first-order chi connectivity index (χ1) is 5.69. The molecule has 0 spiro atoms. The van der Waals surface area contributed by atoms with Crippen LogP contribution in [0.25, 0.3) is 0 Å². The van der Waals surface area contributed by atoms with Crippen LogP contribution in [0.3, 0.4) is 0 Å². The minimum absolute atomic E-state index is 0.442. The Bertz CT molecular complexity index is 289. The lowest BCUT2D eigenvalue weighted by atomic mass is 10.2. The predicted molar refractivity (Wildman–Crippen MR) is 58.0 cm³/mol. The van der Waals surface area contributed by atoms with Crippen molar-refractivity contribution in [2.75, 3.05) is 7.11 Å². The molecule has 12 heavy (non-hydrogen) atoms. The maximum absolute atomic E-state index is 5.74. The van der Waals surface area contributed by atoms with Crippen LogP contribution in [0.5, 0.6) is 5.75 Å². The van der Waals surface area contributed by atoms with E-state index in [1.54, 1.807) is 7.11 Å². The highest BCUT2D eigenvalue weighted by atomic mass is 79.9. The number of alkyl halides is 1. The molecule has 4 heteroatoms. The van der Waals surface area contributed by atoms with Crippen LogP contribution in [0.1, 0.15) is 5.56 Å². The second-order valence-corrected chi connectivity index (χ2v) is 4.24. The molecule has 0 N–H and O–H groups in total. The average Bonchev–Trinajstić information content (AvgIpc) is 2.03. The number of ether oxygens (including phenoxy) is 1. The Balaban J connectivity index is 3.24. The first-order valence-electron chi connectivity index (χ1n) is 3.27. The fourth-order valence-corrected chi connectivity index (χ4v) is 2.66. The Kier molecular flexibility index (Phi) is 3.87. The second-order valence-electron chi connectivity index (χ2n) is 2.20. The van der Waals surface area contributed by atoms with E-state index >= 15 is 0 Å². The van der Waals surface area contributed by atoms with Crippen molar-refractivity contribution < 1.29 is 4.74 Å². The van der Waals surface area contributed by atoms with E-state index < -0.39 is 0 Å². The largest absolute Gasteiger partial charge is 0.496 e. The molecule has 0 aliphatic rings. The molecule has 0 fully saturated rings. The van der Waals surface area contributed by atoms with Gasteiger partial charge in [0.2, 0.25) is 0 Å². The normalized spacial score (nSPS) is 10.0. The number of methoxy groups -OCH3 is 1. The molecule has 0 aromatic heterocycles. The summed E-state index contributed by atoms with van der Waals surface area (Å²) in [5.41, 5.74) is 0.974. The van der Waals surface area contributed by atoms with Gasteiger partial charge in [0, 0.05) is 14.5 Å². The molecular weight excluding hydrogens is 307 g/mol. The first kappa shape index (κ1) is 10.4. The van der Waals surface area contributed by atoms with Crippen molar-refractivity contribution in [2.24, 2.45) is 0 Å². The summed E-state index contributed by atoms with van der Waals surface area (Å²) in [4.78, 5) is 0. The average molecular weight is 314 g/mol. The Hall–Kier alpha value is 0.270. The smallest absolute Gasteiger partial charge is 0.125 e. The third-order valence-electron chi connectivity index (χ3n) is 1.47. The first-order valence-corrected chi connectivity index (χ1v) is 5.39. The highest BCUT2D eigenvalue weighted by molar-refractivity contribution is 9.11. The van der Waals surface area contributed by atoms with E-state index in [1.165, 1.54) is 0 Å². The van der Waals surface area contributed by atoms with Crippen molar-refractivity contribution in [1.82, 2.24) is 0 Å². The van der Waals surface area contributed by atoms with E-state index in [9.17, 15) is 0 Å². The van der Waals surface area contributed by atoms with E-state index in [-0.39, 0.29) is 0 Å². The van der Waals surface area contributed by atoms with Crippen LogP contribution in [-0.4, -0.2) is 7.11 Å². The fraction of sp³-hybridized carbons (Fsp3) is 0.250. The highest BCUT2D eigenvalue weighted by Gasteiger charge is 2.07. The van der Waals surface area contributed by atoms with Gasteiger partial charge in [0.25, 0.3) is 0 Å². The molecule has 1 aromatic carbocycles. The number of benzene rings is 1. The minimum atomic E-state index is 0.442. The van der Waals surface area contributed by atoms with Gasteiger partial charge >= 0.3 is 0 Å². The molecule has 0 atom stereocenters. The summed E-state index contributed by atoms with van der Waals surface area (Å²) in [6.07, 6.45) is 0. The zero-order valence-corrected chi connectivity index (χ0v) is 10.3. The van der Waals surface area contributed by atoms with Crippen LogP contribution < -0.4 is 4.74 Å². The van der Waals surface area contributed by atoms with Gasteiger partial charge in [-0.15, -0.1) is 11.6 Å². The van der Waals surface area contributed by atoms with Gasteiger partial charge in [-0.25, -0.2) is 0 Å². The number of halogens is 3. The van der Waals surface area contributed by atoms with Gasteiger partial charge in [0.15, 0.2) is 0 Å². The standard InChI is InChI=1S/C8H7Br2ClO/c1-12-8-3-5(9)2-7(10)6(8)4-11/h2-3H,4H2,1H3. The molecule has 0 aliphatic carbocycles. The summed E-state index contributed by atoms with van der Waals surface area (Å²) >= 11 is 12.5. The third kappa shape index (κ3) is 2.15. The maximum atomic E-state index is 5.74. The van der Waals surface area contributed by atoms with Gasteiger partial charge < -0.3 is 4.74 Å². The number of hydrogen-bond acceptors (Lipinski definition) is 1. The van der Waals surface area contributed by atoms with Crippen molar-refractivity contribution in [3.8, 4) is 5.75 Å². The van der Waals surface area contributed by atoms with E-state index in [4.69, 9.17) is 16.3 Å². The molecular formula is C8H7Br2ClO. The van der Waals surface area contributed by atoms with Crippen LogP contribution in [0, 0.1) is 0 Å². The van der Waals surface area contributed by atoms with Crippen LogP contribution in [0.15, 0.2) is 21.1 Å².